The van der Waals surface area contributed by atoms with Gasteiger partial charge in [0.05, 0.1) is 44.4 Å². The lowest BCUT2D eigenvalue weighted by molar-refractivity contribution is 0.0464. The van der Waals surface area contributed by atoms with E-state index in [-0.39, 0.29) is 44.4 Å². The van der Waals surface area contributed by atoms with Gasteiger partial charge >= 0.3 is 11.9 Å². The first-order valence-electron chi connectivity index (χ1n) is 6.56. The summed E-state index contributed by atoms with van der Waals surface area (Å²) in [5.41, 5.74) is -0.486. The highest BCUT2D eigenvalue weighted by Crippen LogP contribution is 2.42. The molecular formula is C14H14Cl4O4. The van der Waals surface area contributed by atoms with Crippen molar-refractivity contribution in [1.29, 1.82) is 0 Å². The molecule has 122 valence electrons. The molecule has 0 atom stereocenters. The maximum absolute atomic E-state index is 12.2. The second kappa shape index (κ2) is 8.82. The van der Waals surface area contributed by atoms with Gasteiger partial charge in [0.15, 0.2) is 0 Å². The predicted octanol–water partition coefficient (Wildman–Crippen LogP) is 5.43. The molecule has 0 N–H and O–H groups in total. The lowest BCUT2D eigenvalue weighted by Gasteiger charge is -2.14. The van der Waals surface area contributed by atoms with Crippen molar-refractivity contribution in [2.75, 3.05) is 13.2 Å². The second-order valence-corrected chi connectivity index (χ2v) is 5.73. The van der Waals surface area contributed by atoms with Crippen molar-refractivity contribution in [3.8, 4) is 0 Å². The first kappa shape index (κ1) is 19.4. The number of hydrogen-bond acceptors (Lipinski definition) is 4. The molecule has 0 fully saturated rings. The van der Waals surface area contributed by atoms with Crippen LogP contribution in [-0.2, 0) is 9.47 Å². The van der Waals surface area contributed by atoms with Gasteiger partial charge in [0, 0.05) is 0 Å². The minimum Gasteiger partial charge on any atom is -0.462 e. The van der Waals surface area contributed by atoms with Crippen LogP contribution in [-0.4, -0.2) is 25.2 Å². The molecule has 0 aliphatic rings. The fourth-order valence-corrected chi connectivity index (χ4v) is 2.61. The number of benzene rings is 1. The van der Waals surface area contributed by atoms with Crippen molar-refractivity contribution in [3.05, 3.63) is 31.2 Å². The third-order valence-corrected chi connectivity index (χ3v) is 4.48. The van der Waals surface area contributed by atoms with Crippen molar-refractivity contribution in [2.24, 2.45) is 0 Å². The highest BCUT2D eigenvalue weighted by Gasteiger charge is 2.30. The number of unbranched alkanes of at least 4 members (excludes halogenated alkanes) is 1. The molecule has 22 heavy (non-hydrogen) atoms. The molecular weight excluding hydrogens is 374 g/mol. The van der Waals surface area contributed by atoms with E-state index in [9.17, 15) is 9.59 Å². The van der Waals surface area contributed by atoms with Gasteiger partial charge in [-0.1, -0.05) is 59.7 Å². The molecule has 0 saturated heterocycles. The minimum atomic E-state index is -0.824. The average Bonchev–Trinajstić information content (AvgIpc) is 2.48. The fourth-order valence-electron chi connectivity index (χ4n) is 1.60. The Kier molecular flexibility index (Phi) is 7.77. The topological polar surface area (TPSA) is 52.6 Å². The van der Waals surface area contributed by atoms with Crippen LogP contribution in [0.4, 0.5) is 0 Å². The average molecular weight is 388 g/mol. The quantitative estimate of drug-likeness (QED) is 0.282. The van der Waals surface area contributed by atoms with Crippen molar-refractivity contribution < 1.29 is 19.1 Å². The van der Waals surface area contributed by atoms with Gasteiger partial charge in [-0.2, -0.15) is 0 Å². The first-order valence-corrected chi connectivity index (χ1v) is 8.08. The van der Waals surface area contributed by atoms with Gasteiger partial charge in [-0.25, -0.2) is 9.59 Å². The molecule has 1 aromatic carbocycles. The number of carbonyl (C=O) groups excluding carboxylic acids is 2. The number of ether oxygens (including phenoxy) is 2. The SMILES string of the molecule is CCCCOC(=O)c1c(Cl)c(Cl)c(Cl)c(Cl)c1C(=O)OCC. The molecule has 0 heterocycles. The number of hydrogen-bond donors (Lipinski definition) is 0. The minimum absolute atomic E-state index is 0.0946. The molecule has 0 radical (unpaired) electrons. The monoisotopic (exact) mass is 386 g/mol. The molecule has 0 bridgehead atoms. The van der Waals surface area contributed by atoms with Crippen LogP contribution in [0.2, 0.25) is 20.1 Å². The van der Waals surface area contributed by atoms with E-state index in [2.05, 4.69) is 0 Å². The third-order valence-electron chi connectivity index (χ3n) is 2.68. The fraction of sp³-hybridized carbons (Fsp3) is 0.429. The summed E-state index contributed by atoms with van der Waals surface area (Å²) in [4.78, 5) is 24.3. The summed E-state index contributed by atoms with van der Waals surface area (Å²) in [6.07, 6.45) is 1.51. The number of rotatable bonds is 6. The molecule has 1 rings (SSSR count). The van der Waals surface area contributed by atoms with Gasteiger partial charge < -0.3 is 9.47 Å². The van der Waals surface area contributed by atoms with E-state index >= 15 is 0 Å². The largest absolute Gasteiger partial charge is 0.462 e. The Morgan fingerprint density at radius 2 is 1.27 bits per heavy atom. The molecule has 0 spiro atoms. The predicted molar refractivity (Wildman–Crippen MR) is 87.6 cm³/mol. The molecule has 1 aromatic rings. The molecule has 0 unspecified atom stereocenters. The van der Waals surface area contributed by atoms with Gasteiger partial charge in [0.2, 0.25) is 0 Å². The van der Waals surface area contributed by atoms with Crippen molar-refractivity contribution in [1.82, 2.24) is 0 Å². The molecule has 0 amide bonds. The van der Waals surface area contributed by atoms with Crippen molar-refractivity contribution in [3.63, 3.8) is 0 Å². The van der Waals surface area contributed by atoms with E-state index < -0.39 is 11.9 Å². The van der Waals surface area contributed by atoms with Gasteiger partial charge in [-0.15, -0.1) is 0 Å². The smallest absolute Gasteiger partial charge is 0.340 e. The van der Waals surface area contributed by atoms with E-state index in [1.807, 2.05) is 6.92 Å². The number of halogens is 4. The summed E-state index contributed by atoms with van der Waals surface area (Å²) in [5.74, 6) is -1.63. The lowest BCUT2D eigenvalue weighted by atomic mass is 10.1. The van der Waals surface area contributed by atoms with Gasteiger partial charge in [-0.05, 0) is 13.3 Å². The zero-order valence-corrected chi connectivity index (χ0v) is 15.0. The van der Waals surface area contributed by atoms with Crippen LogP contribution in [0.1, 0.15) is 47.4 Å². The molecule has 8 heteroatoms. The third kappa shape index (κ3) is 4.19. The lowest BCUT2D eigenvalue weighted by Crippen LogP contribution is -2.16. The summed E-state index contributed by atoms with van der Waals surface area (Å²) in [5, 5.41) is -0.636. The Hall–Kier alpha value is -0.680. The van der Waals surface area contributed by atoms with E-state index in [0.29, 0.717) is 6.42 Å². The Labute approximate surface area is 148 Å². The summed E-state index contributed by atoms with van der Waals surface area (Å²) in [6, 6.07) is 0. The van der Waals surface area contributed by atoms with Crippen molar-refractivity contribution >= 4 is 58.3 Å². The van der Waals surface area contributed by atoms with E-state index in [1.165, 1.54) is 0 Å². The van der Waals surface area contributed by atoms with Crippen LogP contribution in [0.15, 0.2) is 0 Å². The standard InChI is InChI=1S/C14H14Cl4O4/c1-3-5-6-22-14(20)8-7(13(19)21-4-2)9(15)11(17)12(18)10(8)16/h3-6H2,1-2H3. The van der Waals surface area contributed by atoms with E-state index in [1.54, 1.807) is 6.92 Å². The zero-order valence-electron chi connectivity index (χ0n) is 12.0. The summed E-state index contributed by atoms with van der Waals surface area (Å²) < 4.78 is 9.96. The molecule has 0 aliphatic heterocycles. The number of esters is 2. The Balaban J connectivity index is 3.39. The summed E-state index contributed by atoms with van der Waals surface area (Å²) in [6.45, 7) is 3.84. The second-order valence-electron chi connectivity index (χ2n) is 4.22. The first-order chi connectivity index (χ1) is 10.4. The van der Waals surface area contributed by atoms with Crippen LogP contribution in [0.3, 0.4) is 0 Å². The maximum Gasteiger partial charge on any atom is 0.340 e. The Morgan fingerprint density at radius 3 is 1.68 bits per heavy atom. The van der Waals surface area contributed by atoms with Crippen LogP contribution in [0.25, 0.3) is 0 Å². The highest BCUT2D eigenvalue weighted by molar-refractivity contribution is 6.54. The number of carbonyl (C=O) groups is 2. The van der Waals surface area contributed by atoms with E-state index in [0.717, 1.165) is 6.42 Å². The zero-order chi connectivity index (χ0) is 16.9. The Bertz CT molecular complexity index is 587. The summed E-state index contributed by atoms with van der Waals surface area (Å²) in [7, 11) is 0. The highest BCUT2D eigenvalue weighted by atomic mass is 35.5. The molecule has 0 saturated carbocycles. The molecule has 0 aromatic heterocycles. The van der Waals surface area contributed by atoms with Crippen molar-refractivity contribution in [2.45, 2.75) is 26.7 Å². The van der Waals surface area contributed by atoms with E-state index in [4.69, 9.17) is 55.9 Å². The van der Waals surface area contributed by atoms with Crippen LogP contribution >= 0.6 is 46.4 Å². The normalized spacial score (nSPS) is 10.5. The van der Waals surface area contributed by atoms with Crippen LogP contribution < -0.4 is 0 Å². The van der Waals surface area contributed by atoms with Gasteiger partial charge in [0.25, 0.3) is 0 Å². The van der Waals surface area contributed by atoms with Gasteiger partial charge in [-0.3, -0.25) is 0 Å². The van der Waals surface area contributed by atoms with Crippen LogP contribution in [0, 0.1) is 0 Å². The Morgan fingerprint density at radius 1 is 0.818 bits per heavy atom. The molecule has 0 aliphatic carbocycles. The summed E-state index contributed by atoms with van der Waals surface area (Å²) >= 11 is 23.9. The molecule has 4 nitrogen and oxygen atoms in total. The van der Waals surface area contributed by atoms with Gasteiger partial charge in [0.1, 0.15) is 0 Å². The maximum atomic E-state index is 12.2. The van der Waals surface area contributed by atoms with Crippen LogP contribution in [0.5, 0.6) is 0 Å².